The second kappa shape index (κ2) is 8.08. The first-order valence-electron chi connectivity index (χ1n) is 6.89. The largest absolute Gasteiger partial charge is 0.416 e. The molecule has 1 atom stereocenters. The smallest absolute Gasteiger partial charge is 0.361 e. The number of benzene rings is 1. The molecule has 0 saturated heterocycles. The lowest BCUT2D eigenvalue weighted by atomic mass is 10.2. The molecule has 11 heteroatoms. The highest BCUT2D eigenvalue weighted by molar-refractivity contribution is 6.68. The van der Waals surface area contributed by atoms with E-state index in [4.69, 9.17) is 46.4 Å². The molecule has 0 aliphatic heterocycles. The summed E-state index contributed by atoms with van der Waals surface area (Å²) >= 11 is 23.4. The quantitative estimate of drug-likeness (QED) is 0.495. The van der Waals surface area contributed by atoms with Crippen LogP contribution in [0.25, 0.3) is 0 Å². The van der Waals surface area contributed by atoms with Gasteiger partial charge in [0.2, 0.25) is 3.79 Å². The minimum absolute atomic E-state index is 0.0483. The number of halogens is 7. The van der Waals surface area contributed by atoms with Gasteiger partial charge in [-0.2, -0.15) is 13.2 Å². The number of alkyl halides is 6. The predicted molar refractivity (Wildman–Crippen MR) is 95.9 cm³/mol. The maximum absolute atomic E-state index is 12.9. The normalized spacial score (nSPS) is 13.2. The molecule has 140 valence electrons. The molecule has 0 spiro atoms. The standard InChI is InChI=1S/C15H10Cl4F3N3O/c16-10-4-3-9(15(20,21)22)6-11(10)24-13(14(17,18)19)25-12(26)8-2-1-5-23-7-8/h1-7,13,24H,(H,25,26). The lowest BCUT2D eigenvalue weighted by Gasteiger charge is -2.28. The van der Waals surface area contributed by atoms with E-state index in [9.17, 15) is 18.0 Å². The van der Waals surface area contributed by atoms with Crippen LogP contribution in [-0.2, 0) is 6.18 Å². The number of carbonyl (C=O) groups is 1. The Morgan fingerprint density at radius 1 is 1.15 bits per heavy atom. The third kappa shape index (κ3) is 5.54. The highest BCUT2D eigenvalue weighted by Crippen LogP contribution is 2.36. The van der Waals surface area contributed by atoms with Gasteiger partial charge in [-0.15, -0.1) is 0 Å². The van der Waals surface area contributed by atoms with Gasteiger partial charge in [0, 0.05) is 12.4 Å². The van der Waals surface area contributed by atoms with Crippen molar-refractivity contribution in [3.05, 3.63) is 58.9 Å². The van der Waals surface area contributed by atoms with Crippen molar-refractivity contribution in [3.8, 4) is 0 Å². The first kappa shape index (κ1) is 20.9. The van der Waals surface area contributed by atoms with Crippen LogP contribution >= 0.6 is 46.4 Å². The van der Waals surface area contributed by atoms with Crippen LogP contribution in [0.1, 0.15) is 15.9 Å². The molecule has 2 N–H and O–H groups in total. The van der Waals surface area contributed by atoms with Crippen LogP contribution in [-0.4, -0.2) is 20.8 Å². The number of rotatable bonds is 4. The summed E-state index contributed by atoms with van der Waals surface area (Å²) in [6, 6.07) is 5.60. The second-order valence-corrected chi connectivity index (χ2v) is 7.80. The summed E-state index contributed by atoms with van der Waals surface area (Å²) in [4.78, 5) is 16.0. The first-order valence-corrected chi connectivity index (χ1v) is 8.40. The maximum Gasteiger partial charge on any atom is 0.416 e. The van der Waals surface area contributed by atoms with Crippen LogP contribution in [0, 0.1) is 0 Å². The van der Waals surface area contributed by atoms with E-state index in [1.807, 2.05) is 0 Å². The summed E-state index contributed by atoms with van der Waals surface area (Å²) < 4.78 is 36.5. The lowest BCUT2D eigenvalue weighted by molar-refractivity contribution is -0.137. The monoisotopic (exact) mass is 445 g/mol. The van der Waals surface area contributed by atoms with E-state index in [1.54, 1.807) is 0 Å². The molecule has 0 saturated carbocycles. The third-order valence-corrected chi connectivity index (χ3v) is 4.10. The Balaban J connectivity index is 2.28. The van der Waals surface area contributed by atoms with Gasteiger partial charge in [-0.05, 0) is 30.3 Å². The van der Waals surface area contributed by atoms with Crippen molar-refractivity contribution in [3.63, 3.8) is 0 Å². The van der Waals surface area contributed by atoms with Crippen molar-refractivity contribution >= 4 is 58.0 Å². The van der Waals surface area contributed by atoms with Gasteiger partial charge in [0.15, 0.2) is 0 Å². The molecule has 1 aromatic heterocycles. The summed E-state index contributed by atoms with van der Waals surface area (Å²) in [5.41, 5.74) is -0.945. The fraction of sp³-hybridized carbons (Fsp3) is 0.200. The molecule has 1 amide bonds. The highest BCUT2D eigenvalue weighted by Gasteiger charge is 2.36. The molecule has 0 radical (unpaired) electrons. The number of amides is 1. The van der Waals surface area contributed by atoms with E-state index in [0.717, 1.165) is 18.2 Å². The Bertz CT molecular complexity index is 782. The van der Waals surface area contributed by atoms with E-state index in [2.05, 4.69) is 15.6 Å². The van der Waals surface area contributed by atoms with Gasteiger partial charge in [0.25, 0.3) is 5.91 Å². The molecule has 26 heavy (non-hydrogen) atoms. The Morgan fingerprint density at radius 3 is 2.38 bits per heavy atom. The second-order valence-electron chi connectivity index (χ2n) is 5.03. The lowest BCUT2D eigenvalue weighted by Crippen LogP contribution is -2.49. The number of aromatic nitrogens is 1. The average Bonchev–Trinajstić information content (AvgIpc) is 2.54. The minimum atomic E-state index is -4.59. The zero-order valence-corrected chi connectivity index (χ0v) is 15.6. The summed E-state index contributed by atoms with van der Waals surface area (Å²) in [7, 11) is 0. The predicted octanol–water partition coefficient (Wildman–Crippen LogP) is 5.29. The highest BCUT2D eigenvalue weighted by atomic mass is 35.6. The molecule has 0 fully saturated rings. The van der Waals surface area contributed by atoms with Crippen molar-refractivity contribution in [2.75, 3.05) is 5.32 Å². The third-order valence-electron chi connectivity index (χ3n) is 3.12. The molecule has 1 heterocycles. The van der Waals surface area contributed by atoms with Crippen molar-refractivity contribution in [1.82, 2.24) is 10.3 Å². The topological polar surface area (TPSA) is 54.0 Å². The summed E-state index contributed by atoms with van der Waals surface area (Å²) in [5, 5.41) is 4.85. The van der Waals surface area contributed by atoms with Crippen LogP contribution < -0.4 is 10.6 Å². The number of nitrogens with zero attached hydrogens (tertiary/aromatic N) is 1. The maximum atomic E-state index is 12.9. The van der Waals surface area contributed by atoms with Gasteiger partial charge < -0.3 is 10.6 Å². The van der Waals surface area contributed by atoms with Gasteiger partial charge in [-0.25, -0.2) is 0 Å². The minimum Gasteiger partial charge on any atom is -0.361 e. The Labute approximate surface area is 166 Å². The summed E-state index contributed by atoms with van der Waals surface area (Å²) in [6.45, 7) is 0. The number of hydrogen-bond donors (Lipinski definition) is 2. The van der Waals surface area contributed by atoms with Crippen molar-refractivity contribution in [1.29, 1.82) is 0 Å². The number of hydrogen-bond acceptors (Lipinski definition) is 3. The molecule has 1 aromatic carbocycles. The zero-order valence-electron chi connectivity index (χ0n) is 12.6. The zero-order chi connectivity index (χ0) is 19.5. The average molecular weight is 447 g/mol. The summed E-state index contributed by atoms with van der Waals surface area (Å²) in [6.07, 6.45) is -3.22. The van der Waals surface area contributed by atoms with E-state index >= 15 is 0 Å². The molecule has 0 aliphatic rings. The Kier molecular flexibility index (Phi) is 6.50. The summed E-state index contributed by atoms with van der Waals surface area (Å²) in [5.74, 6) is -0.648. The van der Waals surface area contributed by atoms with Crippen molar-refractivity contribution in [2.45, 2.75) is 16.1 Å². The number of nitrogens with one attached hydrogen (secondary N) is 2. The van der Waals surface area contributed by atoms with E-state index in [0.29, 0.717) is 0 Å². The molecule has 0 aliphatic carbocycles. The van der Waals surface area contributed by atoms with Gasteiger partial charge in [0.05, 0.1) is 21.8 Å². The van der Waals surface area contributed by atoms with Crippen LogP contribution in [0.4, 0.5) is 18.9 Å². The molecule has 0 bridgehead atoms. The van der Waals surface area contributed by atoms with Crippen LogP contribution in [0.15, 0.2) is 42.7 Å². The SMILES string of the molecule is O=C(NC(Nc1cc(C(F)(F)F)ccc1Cl)C(Cl)(Cl)Cl)c1cccnc1. The van der Waals surface area contributed by atoms with Crippen molar-refractivity contribution in [2.24, 2.45) is 0 Å². The van der Waals surface area contributed by atoms with Gasteiger partial charge in [-0.3, -0.25) is 9.78 Å². The Morgan fingerprint density at radius 2 is 1.85 bits per heavy atom. The number of anilines is 1. The van der Waals surface area contributed by atoms with Crippen LogP contribution in [0.5, 0.6) is 0 Å². The Hall–Kier alpha value is -1.41. The molecule has 2 rings (SSSR count). The van der Waals surface area contributed by atoms with Gasteiger partial charge in [0.1, 0.15) is 6.17 Å². The number of pyridine rings is 1. The van der Waals surface area contributed by atoms with Crippen LogP contribution in [0.3, 0.4) is 0 Å². The molecular formula is C15H10Cl4F3N3O. The van der Waals surface area contributed by atoms with Crippen molar-refractivity contribution < 1.29 is 18.0 Å². The first-order chi connectivity index (χ1) is 12.0. The van der Waals surface area contributed by atoms with Gasteiger partial charge >= 0.3 is 6.18 Å². The van der Waals surface area contributed by atoms with E-state index < -0.39 is 27.6 Å². The number of carbonyl (C=O) groups excluding carboxylic acids is 1. The van der Waals surface area contributed by atoms with Gasteiger partial charge in [-0.1, -0.05) is 46.4 Å². The molecular weight excluding hydrogens is 437 g/mol. The van der Waals surface area contributed by atoms with E-state index in [-0.39, 0.29) is 16.3 Å². The molecule has 2 aromatic rings. The molecule has 1 unspecified atom stereocenters. The van der Waals surface area contributed by atoms with E-state index in [1.165, 1.54) is 24.5 Å². The fourth-order valence-corrected chi connectivity index (χ4v) is 2.38. The fourth-order valence-electron chi connectivity index (χ4n) is 1.88. The van der Waals surface area contributed by atoms with Crippen LogP contribution in [0.2, 0.25) is 5.02 Å². The molecule has 4 nitrogen and oxygen atoms in total.